The standard InChI is InChI=1S/C25H27N3O3.C20H21ClN4O3S.C20H20N4O3S/c1-16(2)31-25(29)27-18-8-6-7-17(13-18)24-22(15-26)21-12-11-20(30-3)14-23(21)28(24)19-9-4-5-10-19;1-3-25-19-12-16(28-2)8-9-17(19)18(13-22)20(25)14-4-6-15(7-5-14)24-29(26,27)23-11-10-21;1-3-23-19-12-16(27-2)8-9-17(19)18(13-21)20(23)14-4-6-15(7-5-14)24-11-10-22-28(24,25)26/h6-8,11-14,16,19H,4-5,9-10H2,1-3H3,(H,27,29);4-9,12,23-24H,3,10-11H2,1-2H3;4-9,12,22H,3,10-11H2,1-2H3. The van der Waals surface area contributed by atoms with Gasteiger partial charge in [-0.3, -0.25) is 14.3 Å². The van der Waals surface area contributed by atoms with E-state index in [2.05, 4.69) is 51.4 Å². The number of benzene rings is 6. The number of methoxy groups -OCH3 is 3. The van der Waals surface area contributed by atoms with Crippen LogP contribution in [0.4, 0.5) is 21.9 Å². The Kier molecular flexibility index (Phi) is 19.9. The third-order valence-corrected chi connectivity index (χ3v) is 18.1. The summed E-state index contributed by atoms with van der Waals surface area (Å²) in [6.07, 6.45) is 3.83. The molecule has 0 atom stereocenters. The molecule has 4 N–H and O–H groups in total. The van der Waals surface area contributed by atoms with Crippen molar-refractivity contribution in [2.75, 3.05) is 61.2 Å². The Bertz CT molecular complexity index is 4400. The van der Waals surface area contributed by atoms with E-state index in [4.69, 9.17) is 30.5 Å². The second-order valence-electron chi connectivity index (χ2n) is 20.9. The van der Waals surface area contributed by atoms with E-state index in [0.29, 0.717) is 66.0 Å². The Labute approximate surface area is 517 Å². The largest absolute Gasteiger partial charge is 0.497 e. The number of ether oxygens (including phenoxy) is 4. The molecule has 6 aromatic carbocycles. The molecule has 0 radical (unpaired) electrons. The van der Waals surface area contributed by atoms with Crippen molar-refractivity contribution in [3.05, 3.63) is 144 Å². The average Bonchev–Trinajstić information content (AvgIpc) is 2.09. The lowest BCUT2D eigenvalue weighted by molar-refractivity contribution is 0.130. The highest BCUT2D eigenvalue weighted by molar-refractivity contribution is 7.91. The van der Waals surface area contributed by atoms with Crippen LogP contribution < -0.4 is 38.0 Å². The maximum atomic E-state index is 12.1. The van der Waals surface area contributed by atoms with Crippen LogP contribution in [0.2, 0.25) is 0 Å². The fourth-order valence-corrected chi connectivity index (χ4v) is 13.8. The van der Waals surface area contributed by atoms with Gasteiger partial charge in [0.2, 0.25) is 0 Å². The predicted molar refractivity (Wildman–Crippen MR) is 346 cm³/mol. The van der Waals surface area contributed by atoms with Gasteiger partial charge in [-0.1, -0.05) is 49.2 Å². The summed E-state index contributed by atoms with van der Waals surface area (Å²) in [4.78, 5) is 12.1. The summed E-state index contributed by atoms with van der Waals surface area (Å²) in [5.74, 6) is 2.41. The van der Waals surface area contributed by atoms with Crippen LogP contribution in [0.1, 0.15) is 76.1 Å². The zero-order valence-electron chi connectivity index (χ0n) is 49.8. The number of carbonyl (C=O) groups excluding carboxylic acids is 1. The number of aromatic nitrogens is 3. The van der Waals surface area contributed by atoms with Gasteiger partial charge in [0.05, 0.1) is 83.4 Å². The predicted octanol–water partition coefficient (Wildman–Crippen LogP) is 12.8. The number of nitrogens with one attached hydrogen (secondary N) is 4. The fraction of sp³-hybridized carbons (Fsp3) is 0.292. The lowest BCUT2D eigenvalue weighted by Gasteiger charge is -2.19. The van der Waals surface area contributed by atoms with Crippen LogP contribution in [-0.4, -0.2) is 89.6 Å². The zero-order chi connectivity index (χ0) is 62.9. The SMILES string of the molecule is CCn1c(-c2ccc(N3CCNS3(=O)=O)cc2)c(C#N)c2ccc(OC)cc21.CCn1c(-c2ccc(NS(=O)(=O)NCCCl)cc2)c(C#N)c2ccc(OC)cc21.COc1ccc2c(C#N)c(-c3cccc(NC(=O)OC(C)C)c3)n(C3CCCC3)c2c1. The molecular formula is C65H68ClN11O9S2. The molecular weight excluding hydrogens is 1180 g/mol. The van der Waals surface area contributed by atoms with Gasteiger partial charge < -0.3 is 32.6 Å². The Morgan fingerprint density at radius 3 is 1.64 bits per heavy atom. The third-order valence-electron chi connectivity index (χ3n) is 15.3. The number of anilines is 3. The minimum atomic E-state index is -3.68. The molecule has 2 aliphatic rings. The van der Waals surface area contributed by atoms with E-state index in [0.717, 1.165) is 96.6 Å². The van der Waals surface area contributed by atoms with E-state index in [1.165, 1.54) is 17.1 Å². The van der Waals surface area contributed by atoms with Gasteiger partial charge >= 0.3 is 16.3 Å². The van der Waals surface area contributed by atoms with Gasteiger partial charge in [0.25, 0.3) is 10.2 Å². The van der Waals surface area contributed by atoms with Crippen molar-refractivity contribution in [1.29, 1.82) is 15.8 Å². The van der Waals surface area contributed by atoms with Gasteiger partial charge in [-0.15, -0.1) is 11.6 Å². The second kappa shape index (κ2) is 27.7. The normalized spacial score (nSPS) is 13.7. The van der Waals surface area contributed by atoms with Crippen LogP contribution in [0.5, 0.6) is 17.2 Å². The van der Waals surface area contributed by atoms with Crippen LogP contribution in [0, 0.1) is 34.0 Å². The highest BCUT2D eigenvalue weighted by Crippen LogP contribution is 2.43. The minimum absolute atomic E-state index is 0.139. The molecule has 456 valence electrons. The van der Waals surface area contributed by atoms with Crippen molar-refractivity contribution in [3.8, 4) is 69.2 Å². The number of carbonyl (C=O) groups is 1. The fourth-order valence-electron chi connectivity index (χ4n) is 11.4. The van der Waals surface area contributed by atoms with Crippen molar-refractivity contribution in [2.45, 2.75) is 78.6 Å². The molecule has 0 unspecified atom stereocenters. The topological polar surface area (TPSA) is 260 Å². The zero-order valence-corrected chi connectivity index (χ0v) is 52.2. The molecule has 4 heterocycles. The Balaban J connectivity index is 0.000000157. The Morgan fingerprint density at radius 1 is 0.670 bits per heavy atom. The molecule has 1 aliphatic carbocycles. The van der Waals surface area contributed by atoms with Gasteiger partial charge in [0, 0.05) is 95.9 Å². The van der Waals surface area contributed by atoms with Crippen LogP contribution >= 0.6 is 11.6 Å². The molecule has 20 nitrogen and oxygen atoms in total. The maximum absolute atomic E-state index is 12.1. The lowest BCUT2D eigenvalue weighted by Crippen LogP contribution is -2.31. The molecule has 3 aromatic heterocycles. The molecule has 1 saturated heterocycles. The first-order valence-electron chi connectivity index (χ1n) is 28.7. The van der Waals surface area contributed by atoms with Gasteiger partial charge in [0.1, 0.15) is 35.5 Å². The molecule has 23 heteroatoms. The van der Waals surface area contributed by atoms with Crippen LogP contribution in [0.3, 0.4) is 0 Å². The number of halogens is 1. The van der Waals surface area contributed by atoms with Crippen molar-refractivity contribution in [2.24, 2.45) is 0 Å². The number of aryl methyl sites for hydroxylation is 2. The summed E-state index contributed by atoms with van der Waals surface area (Å²) in [6.45, 7) is 9.95. The van der Waals surface area contributed by atoms with E-state index in [-0.39, 0.29) is 18.5 Å². The van der Waals surface area contributed by atoms with Crippen LogP contribution in [0.25, 0.3) is 66.5 Å². The minimum Gasteiger partial charge on any atom is -0.497 e. The molecule has 9 aromatic rings. The number of nitrogens with zero attached hydrogens (tertiary/aromatic N) is 7. The van der Waals surface area contributed by atoms with Gasteiger partial charge in [-0.05, 0) is 124 Å². The first-order valence-corrected chi connectivity index (χ1v) is 32.1. The summed E-state index contributed by atoms with van der Waals surface area (Å²) in [7, 11) is -2.27. The monoisotopic (exact) mass is 1250 g/mol. The van der Waals surface area contributed by atoms with Crippen molar-refractivity contribution >= 4 is 87.9 Å². The highest BCUT2D eigenvalue weighted by Gasteiger charge is 2.30. The number of nitriles is 3. The molecule has 1 amide bonds. The van der Waals surface area contributed by atoms with Gasteiger partial charge in [-0.25, -0.2) is 4.79 Å². The summed E-state index contributed by atoms with van der Waals surface area (Å²) in [5, 5.41) is 35.1. The summed E-state index contributed by atoms with van der Waals surface area (Å²) >= 11 is 5.52. The first kappa shape index (κ1) is 63.3. The highest BCUT2D eigenvalue weighted by atomic mass is 35.5. The molecule has 2 fully saturated rings. The van der Waals surface area contributed by atoms with E-state index < -0.39 is 26.5 Å². The summed E-state index contributed by atoms with van der Waals surface area (Å²) in [5.41, 5.74) is 11.4. The van der Waals surface area contributed by atoms with Crippen molar-refractivity contribution < 1.29 is 40.6 Å². The molecule has 0 bridgehead atoms. The van der Waals surface area contributed by atoms with E-state index in [9.17, 15) is 37.4 Å². The number of fused-ring (bicyclic) bond motifs is 3. The Morgan fingerprint density at radius 2 is 1.17 bits per heavy atom. The Hall–Kier alpha value is -9.21. The summed E-state index contributed by atoms with van der Waals surface area (Å²) in [6, 6.07) is 46.4. The van der Waals surface area contributed by atoms with Gasteiger partial charge in [0.15, 0.2) is 0 Å². The van der Waals surface area contributed by atoms with Crippen molar-refractivity contribution in [3.63, 3.8) is 0 Å². The van der Waals surface area contributed by atoms with E-state index in [1.807, 2.05) is 119 Å². The van der Waals surface area contributed by atoms with E-state index >= 15 is 0 Å². The van der Waals surface area contributed by atoms with Crippen LogP contribution in [-0.2, 0) is 38.2 Å². The quantitative estimate of drug-likeness (QED) is 0.0621. The van der Waals surface area contributed by atoms with Crippen molar-refractivity contribution in [1.82, 2.24) is 23.1 Å². The number of hydrogen-bond donors (Lipinski definition) is 4. The lowest BCUT2D eigenvalue weighted by atomic mass is 10.0. The molecule has 1 aliphatic heterocycles. The molecule has 11 rings (SSSR count). The molecule has 1 saturated carbocycles. The molecule has 88 heavy (non-hydrogen) atoms. The number of alkyl halides is 1. The smallest absolute Gasteiger partial charge is 0.411 e. The number of rotatable bonds is 17. The van der Waals surface area contributed by atoms with Crippen LogP contribution in [0.15, 0.2) is 127 Å². The summed E-state index contributed by atoms with van der Waals surface area (Å²) < 4.78 is 84.4. The first-order chi connectivity index (χ1) is 42.4. The average molecular weight is 1250 g/mol. The number of amides is 1. The van der Waals surface area contributed by atoms with Gasteiger partial charge in [-0.2, -0.15) is 42.1 Å². The second-order valence-corrected chi connectivity index (χ2v) is 24.5. The number of hydrogen-bond acceptors (Lipinski definition) is 12. The maximum Gasteiger partial charge on any atom is 0.411 e. The third kappa shape index (κ3) is 13.3. The molecule has 0 spiro atoms. The van der Waals surface area contributed by atoms with E-state index in [1.54, 1.807) is 57.7 Å².